The molecule has 1 saturated carbocycles. The van der Waals surface area contributed by atoms with Gasteiger partial charge in [0.05, 0.1) is 6.04 Å². The van der Waals surface area contributed by atoms with E-state index in [1.165, 1.54) is 0 Å². The van der Waals surface area contributed by atoms with Crippen molar-refractivity contribution in [2.45, 2.75) is 64.5 Å². The molecule has 0 radical (unpaired) electrons. The Labute approximate surface area is 131 Å². The van der Waals surface area contributed by atoms with Gasteiger partial charge in [-0.15, -0.1) is 0 Å². The van der Waals surface area contributed by atoms with Crippen LogP contribution in [0.5, 0.6) is 0 Å². The van der Waals surface area contributed by atoms with Crippen LogP contribution < -0.4 is 5.32 Å². The Morgan fingerprint density at radius 1 is 1.36 bits per heavy atom. The van der Waals surface area contributed by atoms with E-state index >= 15 is 0 Å². The van der Waals surface area contributed by atoms with Crippen molar-refractivity contribution in [3.8, 4) is 0 Å². The number of aryl methyl sites for hydroxylation is 1. The maximum atomic E-state index is 11.8. The summed E-state index contributed by atoms with van der Waals surface area (Å²) >= 11 is 0. The molecule has 122 valence electrons. The van der Waals surface area contributed by atoms with E-state index in [2.05, 4.69) is 34.2 Å². The number of carbonyl (C=O) groups excluding carboxylic acids is 1. The Bertz CT molecular complexity index is 504. The Hall–Kier alpha value is -1.43. The summed E-state index contributed by atoms with van der Waals surface area (Å²) in [6.45, 7) is 6.15. The minimum atomic E-state index is 0.151. The van der Waals surface area contributed by atoms with Crippen LogP contribution in [-0.2, 0) is 11.2 Å². The standard InChI is InChI=1S/C16H26N4O2/c1-3-4-14-18-16(22-19-14)11(2)20-9-7-13(8-10-20)17-15(21)12-5-6-12/h11-13H,3-10H2,1-2H3,(H,17,21)/t11-/m1/s1. The highest BCUT2D eigenvalue weighted by molar-refractivity contribution is 5.81. The molecule has 1 aromatic rings. The monoisotopic (exact) mass is 306 g/mol. The summed E-state index contributed by atoms with van der Waals surface area (Å²) in [5.74, 6) is 2.07. The summed E-state index contributed by atoms with van der Waals surface area (Å²) in [6, 6.07) is 0.480. The molecule has 2 fully saturated rings. The summed E-state index contributed by atoms with van der Waals surface area (Å²) in [5, 5.41) is 7.22. The zero-order chi connectivity index (χ0) is 15.5. The van der Waals surface area contributed by atoms with Crippen molar-refractivity contribution in [1.82, 2.24) is 20.4 Å². The SMILES string of the molecule is CCCc1noc([C@@H](C)N2CCC(NC(=O)C3CC3)CC2)n1. The lowest BCUT2D eigenvalue weighted by Gasteiger charge is -2.34. The summed E-state index contributed by atoms with van der Waals surface area (Å²) in [5.41, 5.74) is 0. The number of amides is 1. The van der Waals surface area contributed by atoms with Crippen LogP contribution in [0.3, 0.4) is 0 Å². The predicted molar refractivity (Wildman–Crippen MR) is 82.2 cm³/mol. The highest BCUT2D eigenvalue weighted by atomic mass is 16.5. The first-order valence-electron chi connectivity index (χ1n) is 8.54. The lowest BCUT2D eigenvalue weighted by molar-refractivity contribution is -0.123. The Kier molecular flexibility index (Phi) is 4.76. The second-order valence-corrected chi connectivity index (χ2v) is 6.57. The molecule has 6 nitrogen and oxygen atoms in total. The summed E-state index contributed by atoms with van der Waals surface area (Å²) in [7, 11) is 0. The maximum Gasteiger partial charge on any atom is 0.243 e. The smallest absolute Gasteiger partial charge is 0.243 e. The van der Waals surface area contributed by atoms with Crippen molar-refractivity contribution >= 4 is 5.91 Å². The first-order chi connectivity index (χ1) is 10.7. The van der Waals surface area contributed by atoms with E-state index < -0.39 is 0 Å². The molecule has 1 N–H and O–H groups in total. The molecule has 0 bridgehead atoms. The van der Waals surface area contributed by atoms with Crippen molar-refractivity contribution in [2.24, 2.45) is 5.92 Å². The van der Waals surface area contributed by atoms with Crippen LogP contribution >= 0.6 is 0 Å². The second kappa shape index (κ2) is 6.77. The molecule has 1 aromatic heterocycles. The molecule has 22 heavy (non-hydrogen) atoms. The van der Waals surface area contributed by atoms with Gasteiger partial charge in [-0.3, -0.25) is 9.69 Å². The summed E-state index contributed by atoms with van der Waals surface area (Å²) in [6.07, 6.45) is 6.03. The summed E-state index contributed by atoms with van der Waals surface area (Å²) in [4.78, 5) is 18.7. The molecular formula is C16H26N4O2. The van der Waals surface area contributed by atoms with Crippen molar-refractivity contribution in [3.05, 3.63) is 11.7 Å². The van der Waals surface area contributed by atoms with E-state index in [1.807, 2.05) is 0 Å². The third-order valence-electron chi connectivity index (χ3n) is 4.69. The molecule has 0 spiro atoms. The quantitative estimate of drug-likeness (QED) is 0.871. The van der Waals surface area contributed by atoms with Gasteiger partial charge in [0.2, 0.25) is 11.8 Å². The van der Waals surface area contributed by atoms with Gasteiger partial charge in [-0.2, -0.15) is 4.98 Å². The largest absolute Gasteiger partial charge is 0.353 e. The molecule has 0 aromatic carbocycles. The molecule has 1 saturated heterocycles. The fourth-order valence-electron chi connectivity index (χ4n) is 3.01. The van der Waals surface area contributed by atoms with Crippen LogP contribution in [0.4, 0.5) is 0 Å². The van der Waals surface area contributed by atoms with Gasteiger partial charge in [0.25, 0.3) is 0 Å². The van der Waals surface area contributed by atoms with E-state index in [9.17, 15) is 4.79 Å². The molecular weight excluding hydrogens is 280 g/mol. The van der Waals surface area contributed by atoms with Gasteiger partial charge >= 0.3 is 0 Å². The predicted octanol–water partition coefficient (Wildman–Crippen LogP) is 2.07. The zero-order valence-corrected chi connectivity index (χ0v) is 13.5. The lowest BCUT2D eigenvalue weighted by atomic mass is 10.0. The van der Waals surface area contributed by atoms with E-state index in [0.717, 1.165) is 57.4 Å². The second-order valence-electron chi connectivity index (χ2n) is 6.57. The fourth-order valence-corrected chi connectivity index (χ4v) is 3.01. The third kappa shape index (κ3) is 3.66. The minimum Gasteiger partial charge on any atom is -0.353 e. The fraction of sp³-hybridized carbons (Fsp3) is 0.812. The third-order valence-corrected chi connectivity index (χ3v) is 4.69. The molecule has 0 unspecified atom stereocenters. The minimum absolute atomic E-state index is 0.151. The molecule has 6 heteroatoms. The normalized spacial score (nSPS) is 21.7. The van der Waals surface area contributed by atoms with Gasteiger partial charge in [-0.25, -0.2) is 0 Å². The highest BCUT2D eigenvalue weighted by Gasteiger charge is 2.32. The molecule has 2 heterocycles. The van der Waals surface area contributed by atoms with Crippen molar-refractivity contribution in [2.75, 3.05) is 13.1 Å². The Balaban J connectivity index is 1.48. The molecule has 3 rings (SSSR count). The first kappa shape index (κ1) is 15.5. The summed E-state index contributed by atoms with van der Waals surface area (Å²) < 4.78 is 5.39. The van der Waals surface area contributed by atoms with Gasteiger partial charge < -0.3 is 9.84 Å². The van der Waals surface area contributed by atoms with Crippen molar-refractivity contribution in [3.63, 3.8) is 0 Å². The molecule has 2 aliphatic rings. The van der Waals surface area contributed by atoms with Crippen molar-refractivity contribution < 1.29 is 9.32 Å². The first-order valence-corrected chi connectivity index (χ1v) is 8.54. The van der Waals surface area contributed by atoms with E-state index in [4.69, 9.17) is 4.52 Å². The van der Waals surface area contributed by atoms with Gasteiger partial charge in [-0.05, 0) is 39.0 Å². The number of nitrogens with one attached hydrogen (secondary N) is 1. The number of piperidine rings is 1. The molecule has 1 aliphatic heterocycles. The van der Waals surface area contributed by atoms with E-state index in [1.54, 1.807) is 0 Å². The number of hydrogen-bond acceptors (Lipinski definition) is 5. The average molecular weight is 306 g/mol. The van der Waals surface area contributed by atoms with Crippen LogP contribution in [0.1, 0.15) is 63.7 Å². The maximum absolute atomic E-state index is 11.8. The highest BCUT2D eigenvalue weighted by Crippen LogP contribution is 2.29. The van der Waals surface area contributed by atoms with E-state index in [0.29, 0.717) is 17.9 Å². The van der Waals surface area contributed by atoms with Crippen molar-refractivity contribution in [1.29, 1.82) is 0 Å². The van der Waals surface area contributed by atoms with Crippen LogP contribution in [0.2, 0.25) is 0 Å². The van der Waals surface area contributed by atoms with Crippen LogP contribution in [0.15, 0.2) is 4.52 Å². The number of hydrogen-bond donors (Lipinski definition) is 1. The number of likely N-dealkylation sites (tertiary alicyclic amines) is 1. The number of rotatable bonds is 6. The molecule has 1 aliphatic carbocycles. The van der Waals surface area contributed by atoms with E-state index in [-0.39, 0.29) is 11.9 Å². The lowest BCUT2D eigenvalue weighted by Crippen LogP contribution is -2.45. The van der Waals surface area contributed by atoms with Gasteiger partial charge in [0, 0.05) is 31.5 Å². The number of nitrogens with zero attached hydrogens (tertiary/aromatic N) is 3. The van der Waals surface area contributed by atoms with Crippen LogP contribution in [0.25, 0.3) is 0 Å². The molecule has 1 amide bonds. The number of carbonyl (C=O) groups is 1. The van der Waals surface area contributed by atoms with Gasteiger partial charge in [-0.1, -0.05) is 12.1 Å². The van der Waals surface area contributed by atoms with Gasteiger partial charge in [0.1, 0.15) is 0 Å². The van der Waals surface area contributed by atoms with Crippen LogP contribution in [-0.4, -0.2) is 40.1 Å². The topological polar surface area (TPSA) is 71.3 Å². The average Bonchev–Trinajstić information content (AvgIpc) is 3.28. The zero-order valence-electron chi connectivity index (χ0n) is 13.5. The Morgan fingerprint density at radius 3 is 2.73 bits per heavy atom. The number of aromatic nitrogens is 2. The Morgan fingerprint density at radius 2 is 2.09 bits per heavy atom. The molecule has 1 atom stereocenters. The van der Waals surface area contributed by atoms with Gasteiger partial charge in [0.15, 0.2) is 5.82 Å². The van der Waals surface area contributed by atoms with Crippen LogP contribution in [0, 0.1) is 5.92 Å².